The molecule has 1 heterocycles. The Morgan fingerprint density at radius 3 is 2.67 bits per heavy atom. The number of aryl methyl sites for hydroxylation is 2. The second kappa shape index (κ2) is 5.93. The third kappa shape index (κ3) is 2.97. The van der Waals surface area contributed by atoms with Gasteiger partial charge in [0.25, 0.3) is 0 Å². The molecule has 0 aliphatic heterocycles. The summed E-state index contributed by atoms with van der Waals surface area (Å²) in [5.41, 5.74) is 7.79. The lowest BCUT2D eigenvalue weighted by Gasteiger charge is -2.16. The van der Waals surface area contributed by atoms with E-state index in [2.05, 4.69) is 54.6 Å². The van der Waals surface area contributed by atoms with Crippen molar-refractivity contribution >= 4 is 21.6 Å². The van der Waals surface area contributed by atoms with E-state index in [1.165, 1.54) is 21.4 Å². The minimum atomic E-state index is 0.0878. The number of thiazole rings is 1. The Morgan fingerprint density at radius 2 is 1.95 bits per heavy atom. The van der Waals surface area contributed by atoms with E-state index in [1.54, 1.807) is 11.3 Å². The molecule has 3 nitrogen and oxygen atoms in total. The van der Waals surface area contributed by atoms with Crippen LogP contribution in [0.15, 0.2) is 42.5 Å². The molecule has 0 saturated carbocycles. The Balaban J connectivity index is 1.88. The SMILES string of the molecule is Cc1ccc(C(Cc2nc3ccccc3s2)NN)cc1C. The van der Waals surface area contributed by atoms with Gasteiger partial charge >= 0.3 is 0 Å². The van der Waals surface area contributed by atoms with Gasteiger partial charge in [-0.1, -0.05) is 30.3 Å². The lowest BCUT2D eigenvalue weighted by Crippen LogP contribution is -2.29. The summed E-state index contributed by atoms with van der Waals surface area (Å²) in [7, 11) is 0. The number of rotatable bonds is 4. The van der Waals surface area contributed by atoms with Crippen LogP contribution in [0.5, 0.6) is 0 Å². The highest BCUT2D eigenvalue weighted by Crippen LogP contribution is 2.26. The number of nitrogens with one attached hydrogen (secondary N) is 1. The smallest absolute Gasteiger partial charge is 0.0958 e. The first-order valence-electron chi connectivity index (χ1n) is 7.05. The summed E-state index contributed by atoms with van der Waals surface area (Å²) >= 11 is 1.74. The molecule has 21 heavy (non-hydrogen) atoms. The molecule has 3 rings (SSSR count). The van der Waals surface area contributed by atoms with E-state index in [1.807, 2.05) is 12.1 Å². The second-order valence-electron chi connectivity index (χ2n) is 5.34. The number of hydrogen-bond donors (Lipinski definition) is 2. The van der Waals surface area contributed by atoms with E-state index in [0.29, 0.717) is 0 Å². The minimum Gasteiger partial charge on any atom is -0.271 e. The Morgan fingerprint density at radius 1 is 1.14 bits per heavy atom. The first-order chi connectivity index (χ1) is 10.2. The van der Waals surface area contributed by atoms with Crippen LogP contribution < -0.4 is 11.3 Å². The van der Waals surface area contributed by atoms with Crippen molar-refractivity contribution in [2.45, 2.75) is 26.3 Å². The summed E-state index contributed by atoms with van der Waals surface area (Å²) < 4.78 is 1.23. The van der Waals surface area contributed by atoms with Gasteiger partial charge in [0.1, 0.15) is 0 Å². The van der Waals surface area contributed by atoms with Crippen molar-refractivity contribution in [2.75, 3.05) is 0 Å². The maximum atomic E-state index is 5.76. The third-order valence-electron chi connectivity index (χ3n) is 3.85. The predicted octanol–water partition coefficient (Wildman–Crippen LogP) is 3.66. The number of nitrogens with zero attached hydrogens (tertiary/aromatic N) is 1. The zero-order chi connectivity index (χ0) is 14.8. The summed E-state index contributed by atoms with van der Waals surface area (Å²) in [6.45, 7) is 4.25. The monoisotopic (exact) mass is 297 g/mol. The van der Waals surface area contributed by atoms with Crippen LogP contribution in [0.4, 0.5) is 0 Å². The zero-order valence-electron chi connectivity index (χ0n) is 12.3. The van der Waals surface area contributed by atoms with Crippen molar-refractivity contribution in [3.63, 3.8) is 0 Å². The third-order valence-corrected chi connectivity index (χ3v) is 4.91. The Kier molecular flexibility index (Phi) is 4.01. The largest absolute Gasteiger partial charge is 0.271 e. The molecule has 108 valence electrons. The summed E-state index contributed by atoms with van der Waals surface area (Å²) in [6, 6.07) is 14.8. The summed E-state index contributed by atoms with van der Waals surface area (Å²) in [5, 5.41) is 1.11. The fraction of sp³-hybridized carbons (Fsp3) is 0.235. The molecule has 2 aromatic carbocycles. The van der Waals surface area contributed by atoms with Crippen molar-refractivity contribution < 1.29 is 0 Å². The quantitative estimate of drug-likeness (QED) is 0.571. The average molecular weight is 297 g/mol. The number of hydrazine groups is 1. The van der Waals surface area contributed by atoms with E-state index < -0.39 is 0 Å². The number of aromatic nitrogens is 1. The highest BCUT2D eigenvalue weighted by molar-refractivity contribution is 7.18. The first-order valence-corrected chi connectivity index (χ1v) is 7.87. The van der Waals surface area contributed by atoms with Crippen LogP contribution in [0.2, 0.25) is 0 Å². The Labute approximate surface area is 128 Å². The molecular weight excluding hydrogens is 278 g/mol. The summed E-state index contributed by atoms with van der Waals surface area (Å²) in [5.74, 6) is 5.76. The fourth-order valence-electron chi connectivity index (χ4n) is 2.44. The average Bonchev–Trinajstić information content (AvgIpc) is 2.90. The molecule has 0 amide bonds. The molecular formula is C17H19N3S. The van der Waals surface area contributed by atoms with Gasteiger partial charge in [0.2, 0.25) is 0 Å². The summed E-state index contributed by atoms with van der Waals surface area (Å²) in [4.78, 5) is 4.69. The van der Waals surface area contributed by atoms with Crippen molar-refractivity contribution in [3.05, 3.63) is 64.2 Å². The van der Waals surface area contributed by atoms with Crippen LogP contribution in [0, 0.1) is 13.8 Å². The van der Waals surface area contributed by atoms with E-state index >= 15 is 0 Å². The zero-order valence-corrected chi connectivity index (χ0v) is 13.1. The van der Waals surface area contributed by atoms with Gasteiger partial charge in [-0.2, -0.15) is 0 Å². The molecule has 3 aromatic rings. The molecule has 1 unspecified atom stereocenters. The first kappa shape index (κ1) is 14.2. The molecule has 1 aromatic heterocycles. The normalized spacial score (nSPS) is 12.7. The molecule has 3 N–H and O–H groups in total. The van der Waals surface area contributed by atoms with Crippen molar-refractivity contribution in [2.24, 2.45) is 5.84 Å². The van der Waals surface area contributed by atoms with Gasteiger partial charge in [0.15, 0.2) is 0 Å². The van der Waals surface area contributed by atoms with Gasteiger partial charge < -0.3 is 0 Å². The van der Waals surface area contributed by atoms with Crippen LogP contribution in [0.3, 0.4) is 0 Å². The number of para-hydroxylation sites is 1. The molecule has 0 saturated heterocycles. The van der Waals surface area contributed by atoms with Gasteiger partial charge in [-0.05, 0) is 42.7 Å². The molecule has 0 aliphatic rings. The lowest BCUT2D eigenvalue weighted by atomic mass is 9.99. The van der Waals surface area contributed by atoms with Crippen molar-refractivity contribution in [1.29, 1.82) is 0 Å². The number of fused-ring (bicyclic) bond motifs is 1. The molecule has 0 radical (unpaired) electrons. The maximum absolute atomic E-state index is 5.76. The van der Waals surface area contributed by atoms with Gasteiger partial charge in [0.05, 0.1) is 21.3 Å². The van der Waals surface area contributed by atoms with Crippen LogP contribution in [-0.2, 0) is 6.42 Å². The van der Waals surface area contributed by atoms with Crippen LogP contribution in [0.25, 0.3) is 10.2 Å². The topological polar surface area (TPSA) is 50.9 Å². The van der Waals surface area contributed by atoms with E-state index in [4.69, 9.17) is 5.84 Å². The Bertz CT molecular complexity index is 731. The number of benzene rings is 2. The minimum absolute atomic E-state index is 0.0878. The molecule has 0 fully saturated rings. The predicted molar refractivity (Wildman–Crippen MR) is 89.3 cm³/mol. The Hall–Kier alpha value is -1.75. The van der Waals surface area contributed by atoms with Gasteiger partial charge in [-0.3, -0.25) is 11.3 Å². The van der Waals surface area contributed by atoms with Crippen LogP contribution in [-0.4, -0.2) is 4.98 Å². The molecule has 0 aliphatic carbocycles. The maximum Gasteiger partial charge on any atom is 0.0958 e. The van der Waals surface area contributed by atoms with Crippen molar-refractivity contribution in [3.8, 4) is 0 Å². The highest BCUT2D eigenvalue weighted by Gasteiger charge is 2.14. The number of nitrogens with two attached hydrogens (primary N) is 1. The molecule has 0 spiro atoms. The van der Waals surface area contributed by atoms with E-state index in [-0.39, 0.29) is 6.04 Å². The lowest BCUT2D eigenvalue weighted by molar-refractivity contribution is 0.551. The van der Waals surface area contributed by atoms with Crippen LogP contribution >= 0.6 is 11.3 Å². The van der Waals surface area contributed by atoms with Crippen LogP contribution in [0.1, 0.15) is 27.7 Å². The van der Waals surface area contributed by atoms with Crippen molar-refractivity contribution in [1.82, 2.24) is 10.4 Å². The second-order valence-corrected chi connectivity index (χ2v) is 6.46. The molecule has 4 heteroatoms. The number of hydrogen-bond acceptors (Lipinski definition) is 4. The molecule has 0 bridgehead atoms. The summed E-state index contributed by atoms with van der Waals surface area (Å²) in [6.07, 6.45) is 0.804. The van der Waals surface area contributed by atoms with Gasteiger partial charge in [0, 0.05) is 6.42 Å². The standard InChI is InChI=1S/C17H19N3S/c1-11-7-8-13(9-12(11)2)15(20-18)10-17-19-14-5-3-4-6-16(14)21-17/h3-9,15,20H,10,18H2,1-2H3. The van der Waals surface area contributed by atoms with Gasteiger partial charge in [-0.25, -0.2) is 4.98 Å². The van der Waals surface area contributed by atoms with E-state index in [0.717, 1.165) is 16.9 Å². The highest BCUT2D eigenvalue weighted by atomic mass is 32.1. The van der Waals surface area contributed by atoms with Gasteiger partial charge in [-0.15, -0.1) is 11.3 Å². The van der Waals surface area contributed by atoms with E-state index in [9.17, 15) is 0 Å². The molecule has 1 atom stereocenters. The fourth-order valence-corrected chi connectivity index (χ4v) is 3.45.